The summed E-state index contributed by atoms with van der Waals surface area (Å²) in [4.78, 5) is 0. The van der Waals surface area contributed by atoms with Gasteiger partial charge in [0.2, 0.25) is 0 Å². The topological polar surface area (TPSA) is 20.2 Å². The fourth-order valence-electron chi connectivity index (χ4n) is 0.823. The van der Waals surface area contributed by atoms with E-state index in [1.807, 2.05) is 6.92 Å². The van der Waals surface area contributed by atoms with Crippen molar-refractivity contribution < 1.29 is 5.11 Å². The molecule has 0 rings (SSSR count). The third kappa shape index (κ3) is 5.07. The molecule has 2 heteroatoms. The van der Waals surface area contributed by atoms with Crippen LogP contribution in [0.1, 0.15) is 46.0 Å². The quantitative estimate of drug-likeness (QED) is 0.490. The van der Waals surface area contributed by atoms with Crippen molar-refractivity contribution in [2.45, 2.75) is 51.0 Å². The molecular weight excluding hydrogens is 148 g/mol. The molecule has 10 heavy (non-hydrogen) atoms. The first-order valence-electron chi connectivity index (χ1n) is 4.03. The second kappa shape index (κ2) is 4.97. The maximum atomic E-state index is 9.32. The van der Waals surface area contributed by atoms with Gasteiger partial charge >= 0.3 is 0 Å². The van der Waals surface area contributed by atoms with Crippen LogP contribution >= 0.6 is 11.6 Å². The van der Waals surface area contributed by atoms with Crippen molar-refractivity contribution in [3.05, 3.63) is 0 Å². The molecule has 1 nitrogen and oxygen atoms in total. The molecule has 1 atom stereocenters. The second-order valence-electron chi connectivity index (χ2n) is 2.73. The van der Waals surface area contributed by atoms with Gasteiger partial charge in [-0.25, -0.2) is 0 Å². The van der Waals surface area contributed by atoms with Crippen LogP contribution < -0.4 is 0 Å². The lowest BCUT2D eigenvalue weighted by molar-refractivity contribution is 0.111. The normalized spacial score (nSPS) is 16.8. The zero-order valence-electron chi connectivity index (χ0n) is 6.86. The van der Waals surface area contributed by atoms with Gasteiger partial charge in [0.05, 0.1) is 0 Å². The molecule has 0 aromatic heterocycles. The van der Waals surface area contributed by atoms with Gasteiger partial charge in [-0.3, -0.25) is 0 Å². The second-order valence-corrected chi connectivity index (χ2v) is 3.43. The van der Waals surface area contributed by atoms with Crippen LogP contribution in [0.15, 0.2) is 0 Å². The average Bonchev–Trinajstić information content (AvgIpc) is 1.89. The molecule has 0 fully saturated rings. The van der Waals surface area contributed by atoms with Crippen molar-refractivity contribution >= 4 is 11.6 Å². The minimum atomic E-state index is -0.935. The molecule has 0 spiro atoms. The molecule has 0 saturated heterocycles. The Morgan fingerprint density at radius 2 is 1.90 bits per heavy atom. The monoisotopic (exact) mass is 164 g/mol. The van der Waals surface area contributed by atoms with Crippen LogP contribution in [0.5, 0.6) is 0 Å². The van der Waals surface area contributed by atoms with E-state index in [2.05, 4.69) is 6.92 Å². The number of rotatable bonds is 5. The first-order valence-corrected chi connectivity index (χ1v) is 4.41. The van der Waals surface area contributed by atoms with Crippen LogP contribution in [-0.4, -0.2) is 10.2 Å². The van der Waals surface area contributed by atoms with Crippen molar-refractivity contribution in [2.75, 3.05) is 0 Å². The van der Waals surface area contributed by atoms with Gasteiger partial charge in [0.1, 0.15) is 5.06 Å². The molecule has 62 valence electrons. The summed E-state index contributed by atoms with van der Waals surface area (Å²) in [6.07, 6.45) is 4.73. The van der Waals surface area contributed by atoms with Gasteiger partial charge in [-0.2, -0.15) is 0 Å². The Kier molecular flexibility index (Phi) is 5.10. The molecular formula is C8H17ClO. The van der Waals surface area contributed by atoms with E-state index in [0.29, 0.717) is 6.42 Å². The van der Waals surface area contributed by atoms with Gasteiger partial charge in [-0.15, -0.1) is 0 Å². The smallest absolute Gasteiger partial charge is 0.138 e. The predicted octanol–water partition coefficient (Wildman–Crippen LogP) is 2.90. The first-order chi connectivity index (χ1) is 4.62. The fraction of sp³-hybridized carbons (Fsp3) is 1.00. The standard InChI is InChI=1S/C8H17ClO/c1-3-5-6-7-8(9,10)4-2/h10H,3-7H2,1-2H3. The molecule has 0 aliphatic rings. The number of aliphatic hydroxyl groups is 1. The van der Waals surface area contributed by atoms with Crippen LogP contribution in [0.4, 0.5) is 0 Å². The van der Waals surface area contributed by atoms with Gasteiger partial charge in [-0.05, 0) is 19.3 Å². The first kappa shape index (κ1) is 10.2. The Hall–Kier alpha value is 0.250. The molecule has 0 aliphatic carbocycles. The van der Waals surface area contributed by atoms with E-state index in [-0.39, 0.29) is 0 Å². The lowest BCUT2D eigenvalue weighted by Crippen LogP contribution is -2.18. The summed E-state index contributed by atoms with van der Waals surface area (Å²) in [5.41, 5.74) is 0. The maximum Gasteiger partial charge on any atom is 0.138 e. The molecule has 1 unspecified atom stereocenters. The SMILES string of the molecule is CCCCCC(O)(Cl)CC. The van der Waals surface area contributed by atoms with Gasteiger partial charge in [0, 0.05) is 0 Å². The lowest BCUT2D eigenvalue weighted by atomic mass is 10.1. The number of unbranched alkanes of at least 4 members (excludes halogenated alkanes) is 2. The lowest BCUT2D eigenvalue weighted by Gasteiger charge is -2.17. The number of alkyl halides is 1. The highest BCUT2D eigenvalue weighted by Gasteiger charge is 2.18. The maximum absolute atomic E-state index is 9.32. The molecule has 0 aromatic carbocycles. The highest BCUT2D eigenvalue weighted by atomic mass is 35.5. The zero-order valence-corrected chi connectivity index (χ0v) is 7.62. The molecule has 1 N–H and O–H groups in total. The number of halogens is 1. The minimum absolute atomic E-state index is 0.637. The molecule has 0 aromatic rings. The van der Waals surface area contributed by atoms with E-state index in [9.17, 15) is 5.11 Å². The Balaban J connectivity index is 3.28. The summed E-state index contributed by atoms with van der Waals surface area (Å²) in [5.74, 6) is 0. The molecule has 0 radical (unpaired) electrons. The highest BCUT2D eigenvalue weighted by Crippen LogP contribution is 2.22. The third-order valence-corrected chi connectivity index (χ3v) is 2.16. The average molecular weight is 165 g/mol. The van der Waals surface area contributed by atoms with Crippen LogP contribution in [0.3, 0.4) is 0 Å². The Bertz CT molecular complexity index is 81.3. The van der Waals surface area contributed by atoms with E-state index >= 15 is 0 Å². The predicted molar refractivity (Wildman–Crippen MR) is 45.2 cm³/mol. The van der Waals surface area contributed by atoms with E-state index in [4.69, 9.17) is 11.6 Å². The van der Waals surface area contributed by atoms with Gasteiger partial charge < -0.3 is 5.11 Å². The molecule has 0 heterocycles. The van der Waals surface area contributed by atoms with Crippen molar-refractivity contribution in [1.29, 1.82) is 0 Å². The largest absolute Gasteiger partial charge is 0.375 e. The van der Waals surface area contributed by atoms with E-state index < -0.39 is 5.06 Å². The van der Waals surface area contributed by atoms with Crippen LogP contribution in [0, 0.1) is 0 Å². The third-order valence-electron chi connectivity index (χ3n) is 1.71. The van der Waals surface area contributed by atoms with E-state index in [0.717, 1.165) is 19.3 Å². The van der Waals surface area contributed by atoms with Crippen LogP contribution in [-0.2, 0) is 0 Å². The van der Waals surface area contributed by atoms with Crippen LogP contribution in [0.25, 0.3) is 0 Å². The van der Waals surface area contributed by atoms with E-state index in [1.165, 1.54) is 6.42 Å². The summed E-state index contributed by atoms with van der Waals surface area (Å²) < 4.78 is 0. The Labute approximate surface area is 68.4 Å². The molecule has 0 saturated carbocycles. The van der Waals surface area contributed by atoms with E-state index in [1.54, 1.807) is 0 Å². The summed E-state index contributed by atoms with van der Waals surface area (Å²) in [5, 5.41) is 8.38. The number of hydrogen-bond acceptors (Lipinski definition) is 1. The summed E-state index contributed by atoms with van der Waals surface area (Å²) >= 11 is 5.71. The Morgan fingerprint density at radius 1 is 1.30 bits per heavy atom. The summed E-state index contributed by atoms with van der Waals surface area (Å²) in [7, 11) is 0. The molecule has 0 aliphatic heterocycles. The minimum Gasteiger partial charge on any atom is -0.375 e. The van der Waals surface area contributed by atoms with Crippen molar-refractivity contribution in [3.63, 3.8) is 0 Å². The summed E-state index contributed by atoms with van der Waals surface area (Å²) in [6.45, 7) is 4.04. The Morgan fingerprint density at radius 3 is 2.30 bits per heavy atom. The van der Waals surface area contributed by atoms with Crippen molar-refractivity contribution in [3.8, 4) is 0 Å². The fourth-order valence-corrected chi connectivity index (χ4v) is 0.956. The summed E-state index contributed by atoms with van der Waals surface area (Å²) in [6, 6.07) is 0. The van der Waals surface area contributed by atoms with Gasteiger partial charge in [0.15, 0.2) is 0 Å². The number of hydrogen-bond donors (Lipinski definition) is 1. The van der Waals surface area contributed by atoms with Gasteiger partial charge in [0.25, 0.3) is 0 Å². The van der Waals surface area contributed by atoms with Crippen LogP contribution in [0.2, 0.25) is 0 Å². The molecule has 0 amide bonds. The van der Waals surface area contributed by atoms with Gasteiger partial charge in [-0.1, -0.05) is 38.3 Å². The molecule has 0 bridgehead atoms. The highest BCUT2D eigenvalue weighted by molar-refractivity contribution is 6.22. The van der Waals surface area contributed by atoms with Crippen molar-refractivity contribution in [1.82, 2.24) is 0 Å². The zero-order chi connectivity index (χ0) is 8.04. The van der Waals surface area contributed by atoms with Crippen molar-refractivity contribution in [2.24, 2.45) is 0 Å².